The van der Waals surface area contributed by atoms with E-state index in [1.165, 1.54) is 0 Å². The Bertz CT molecular complexity index is 288. The molecule has 0 spiro atoms. The molecule has 0 aromatic carbocycles. The number of ether oxygens (including phenoxy) is 1. The Morgan fingerprint density at radius 3 is 2.44 bits per heavy atom. The summed E-state index contributed by atoms with van der Waals surface area (Å²) < 4.78 is 5.02. The Balaban J connectivity index is 2.20. The third kappa shape index (κ3) is 4.91. The minimum absolute atomic E-state index is 0.0153. The van der Waals surface area contributed by atoms with Crippen LogP contribution in [0.25, 0.3) is 0 Å². The van der Waals surface area contributed by atoms with Gasteiger partial charge in [0.25, 0.3) is 0 Å². The van der Waals surface area contributed by atoms with Gasteiger partial charge in [0, 0.05) is 19.7 Å². The van der Waals surface area contributed by atoms with Crippen molar-refractivity contribution >= 4 is 12.0 Å². The fraction of sp³-hybridized carbons (Fsp3) is 0.833. The Kier molecular flexibility index (Phi) is 5.91. The number of carboxylic acids is 1. The average Bonchev–Trinajstić information content (AvgIpc) is 2.36. The van der Waals surface area contributed by atoms with Crippen molar-refractivity contribution in [3.8, 4) is 0 Å². The molecule has 0 bridgehead atoms. The normalized spacial score (nSPS) is 25.2. The number of nitrogens with one attached hydrogen (secondary N) is 2. The summed E-state index contributed by atoms with van der Waals surface area (Å²) in [6.45, 7) is 2.34. The predicted octanol–water partition coefficient (Wildman–Crippen LogP) is 0.964. The zero-order valence-electron chi connectivity index (χ0n) is 10.9. The first-order valence-corrected chi connectivity index (χ1v) is 6.33. The van der Waals surface area contributed by atoms with Gasteiger partial charge in [-0.3, -0.25) is 4.79 Å². The highest BCUT2D eigenvalue weighted by Gasteiger charge is 2.26. The molecule has 2 amide bonds. The molecular weight excluding hydrogens is 236 g/mol. The molecule has 1 aliphatic rings. The minimum atomic E-state index is -0.730. The molecule has 0 saturated heterocycles. The van der Waals surface area contributed by atoms with Crippen LogP contribution < -0.4 is 10.6 Å². The number of carbonyl (C=O) groups excluding carboxylic acids is 1. The third-order valence-electron chi connectivity index (χ3n) is 3.36. The molecule has 6 heteroatoms. The molecule has 6 nitrogen and oxygen atoms in total. The van der Waals surface area contributed by atoms with E-state index >= 15 is 0 Å². The molecule has 0 aliphatic heterocycles. The summed E-state index contributed by atoms with van der Waals surface area (Å²) >= 11 is 0. The lowest BCUT2D eigenvalue weighted by molar-refractivity contribution is -0.142. The summed E-state index contributed by atoms with van der Waals surface area (Å²) in [6, 6.07) is -0.129. The Hall–Kier alpha value is -1.30. The number of aliphatic carboxylic acids is 1. The summed E-state index contributed by atoms with van der Waals surface area (Å²) in [4.78, 5) is 22.3. The molecule has 1 fully saturated rings. The molecule has 1 unspecified atom stereocenters. The Morgan fingerprint density at radius 2 is 1.94 bits per heavy atom. The van der Waals surface area contributed by atoms with Crippen LogP contribution >= 0.6 is 0 Å². The van der Waals surface area contributed by atoms with Crippen LogP contribution in [-0.4, -0.2) is 42.9 Å². The monoisotopic (exact) mass is 258 g/mol. The van der Waals surface area contributed by atoms with E-state index in [9.17, 15) is 9.59 Å². The lowest BCUT2D eigenvalue weighted by atomic mass is 9.86. The molecule has 0 heterocycles. The second kappa shape index (κ2) is 7.20. The smallest absolute Gasteiger partial charge is 0.315 e. The molecule has 1 rings (SSSR count). The van der Waals surface area contributed by atoms with E-state index < -0.39 is 5.97 Å². The van der Waals surface area contributed by atoms with Crippen LogP contribution in [0.5, 0.6) is 0 Å². The molecule has 1 atom stereocenters. The zero-order chi connectivity index (χ0) is 13.5. The summed E-state index contributed by atoms with van der Waals surface area (Å²) in [5, 5.41) is 14.4. The number of carboxylic acid groups (broad SMARTS) is 1. The molecule has 1 aliphatic carbocycles. The van der Waals surface area contributed by atoms with Crippen molar-refractivity contribution in [1.82, 2.24) is 10.6 Å². The highest BCUT2D eigenvalue weighted by atomic mass is 16.5. The number of urea groups is 1. The summed E-state index contributed by atoms with van der Waals surface area (Å²) in [6.07, 6.45) is 2.70. The van der Waals surface area contributed by atoms with Gasteiger partial charge >= 0.3 is 12.0 Å². The Morgan fingerprint density at radius 1 is 1.33 bits per heavy atom. The van der Waals surface area contributed by atoms with Gasteiger partial charge in [-0.15, -0.1) is 0 Å². The van der Waals surface area contributed by atoms with Gasteiger partial charge in [0.1, 0.15) is 0 Å². The van der Waals surface area contributed by atoms with Gasteiger partial charge in [-0.2, -0.15) is 0 Å². The summed E-state index contributed by atoms with van der Waals surface area (Å²) in [7, 11) is 1.59. The largest absolute Gasteiger partial charge is 0.481 e. The zero-order valence-corrected chi connectivity index (χ0v) is 10.9. The van der Waals surface area contributed by atoms with Crippen LogP contribution in [0.2, 0.25) is 0 Å². The van der Waals surface area contributed by atoms with Gasteiger partial charge in [0.05, 0.1) is 12.0 Å². The highest BCUT2D eigenvalue weighted by Crippen LogP contribution is 2.24. The maximum absolute atomic E-state index is 11.6. The van der Waals surface area contributed by atoms with Crippen LogP contribution in [0, 0.1) is 5.92 Å². The average molecular weight is 258 g/mol. The van der Waals surface area contributed by atoms with E-state index in [1.807, 2.05) is 6.92 Å². The van der Waals surface area contributed by atoms with Crippen LogP contribution in [0.15, 0.2) is 0 Å². The van der Waals surface area contributed by atoms with Crippen molar-refractivity contribution < 1.29 is 19.4 Å². The summed E-state index contributed by atoms with van der Waals surface area (Å²) in [5.74, 6) is -0.980. The topological polar surface area (TPSA) is 87.7 Å². The standard InChI is InChI=1S/C12H22N2O4/c1-8(18-2)7-13-12(17)14-10-5-3-9(4-6-10)11(15)16/h8-10H,3-7H2,1-2H3,(H,15,16)(H2,13,14,17). The van der Waals surface area contributed by atoms with Gasteiger partial charge in [0.15, 0.2) is 0 Å². The fourth-order valence-corrected chi connectivity index (χ4v) is 2.04. The van der Waals surface area contributed by atoms with E-state index in [1.54, 1.807) is 7.11 Å². The van der Waals surface area contributed by atoms with Crippen molar-refractivity contribution in [1.29, 1.82) is 0 Å². The van der Waals surface area contributed by atoms with E-state index in [0.29, 0.717) is 19.4 Å². The van der Waals surface area contributed by atoms with E-state index in [2.05, 4.69) is 10.6 Å². The molecule has 18 heavy (non-hydrogen) atoms. The molecule has 3 N–H and O–H groups in total. The molecule has 104 valence electrons. The number of amides is 2. The van der Waals surface area contributed by atoms with E-state index in [-0.39, 0.29) is 24.1 Å². The quantitative estimate of drug-likeness (QED) is 0.685. The van der Waals surface area contributed by atoms with E-state index in [4.69, 9.17) is 9.84 Å². The number of rotatable bonds is 5. The van der Waals surface area contributed by atoms with Crippen molar-refractivity contribution in [2.45, 2.75) is 44.8 Å². The highest BCUT2D eigenvalue weighted by molar-refractivity contribution is 5.74. The van der Waals surface area contributed by atoms with E-state index in [0.717, 1.165) is 12.8 Å². The lowest BCUT2D eigenvalue weighted by Crippen LogP contribution is -2.45. The van der Waals surface area contributed by atoms with Crippen molar-refractivity contribution in [3.63, 3.8) is 0 Å². The van der Waals surface area contributed by atoms with Crippen molar-refractivity contribution in [2.24, 2.45) is 5.92 Å². The van der Waals surface area contributed by atoms with Gasteiger partial charge in [-0.25, -0.2) is 4.79 Å². The molecule has 0 aromatic rings. The van der Waals surface area contributed by atoms with Crippen LogP contribution in [0.4, 0.5) is 4.79 Å². The SMILES string of the molecule is COC(C)CNC(=O)NC1CCC(C(=O)O)CC1. The lowest BCUT2D eigenvalue weighted by Gasteiger charge is -2.27. The second-order valence-corrected chi connectivity index (χ2v) is 4.79. The molecular formula is C12H22N2O4. The first kappa shape index (κ1) is 14.8. The first-order chi connectivity index (χ1) is 8.52. The summed E-state index contributed by atoms with van der Waals surface area (Å²) in [5.41, 5.74) is 0. The van der Waals surface area contributed by atoms with Gasteiger partial charge in [0.2, 0.25) is 0 Å². The molecule has 1 saturated carbocycles. The number of hydrogen-bond donors (Lipinski definition) is 3. The van der Waals surface area contributed by atoms with Gasteiger partial charge in [-0.1, -0.05) is 0 Å². The molecule has 0 aromatic heterocycles. The molecule has 0 radical (unpaired) electrons. The number of methoxy groups -OCH3 is 1. The van der Waals surface area contributed by atoms with Crippen LogP contribution in [0.1, 0.15) is 32.6 Å². The van der Waals surface area contributed by atoms with Crippen molar-refractivity contribution in [2.75, 3.05) is 13.7 Å². The van der Waals surface area contributed by atoms with Crippen LogP contribution in [-0.2, 0) is 9.53 Å². The number of carbonyl (C=O) groups is 2. The van der Waals surface area contributed by atoms with Crippen LogP contribution in [0.3, 0.4) is 0 Å². The predicted molar refractivity (Wildman–Crippen MR) is 66.4 cm³/mol. The second-order valence-electron chi connectivity index (χ2n) is 4.79. The van der Waals surface area contributed by atoms with Crippen molar-refractivity contribution in [3.05, 3.63) is 0 Å². The maximum Gasteiger partial charge on any atom is 0.315 e. The first-order valence-electron chi connectivity index (χ1n) is 6.33. The van der Waals surface area contributed by atoms with Gasteiger partial charge < -0.3 is 20.5 Å². The fourth-order valence-electron chi connectivity index (χ4n) is 2.04. The number of hydrogen-bond acceptors (Lipinski definition) is 3. The minimum Gasteiger partial charge on any atom is -0.481 e. The Labute approximate surface area is 107 Å². The van der Waals surface area contributed by atoms with Gasteiger partial charge in [-0.05, 0) is 32.6 Å². The maximum atomic E-state index is 11.6. The third-order valence-corrected chi connectivity index (χ3v) is 3.36.